The van der Waals surface area contributed by atoms with Gasteiger partial charge in [-0.3, -0.25) is 9.36 Å². The van der Waals surface area contributed by atoms with Crippen LogP contribution < -0.4 is 20.9 Å². The molecule has 0 bridgehead atoms. The van der Waals surface area contributed by atoms with Gasteiger partial charge in [-0.1, -0.05) is 31.6 Å². The first-order valence-corrected chi connectivity index (χ1v) is 17.3. The first-order chi connectivity index (χ1) is 16.7. The molecule has 0 saturated carbocycles. The van der Waals surface area contributed by atoms with Crippen molar-refractivity contribution in [3.05, 3.63) is 51.3 Å². The molecule has 2 heterocycles. The smallest absolute Gasteiger partial charge is 0.256 e. The van der Waals surface area contributed by atoms with E-state index in [1.807, 2.05) is 20.8 Å². The molecule has 1 aromatic carbocycles. The summed E-state index contributed by atoms with van der Waals surface area (Å²) in [7, 11) is 0.264. The average molecular weight is 526 g/mol. The molecule has 2 atom stereocenters. The van der Waals surface area contributed by atoms with Crippen LogP contribution in [0.2, 0.25) is 19.6 Å². The lowest BCUT2D eigenvalue weighted by Gasteiger charge is -2.44. The van der Waals surface area contributed by atoms with Gasteiger partial charge in [0.05, 0.1) is 6.04 Å². The number of nitrogens with zero attached hydrogens (tertiary/aromatic N) is 3. The van der Waals surface area contributed by atoms with E-state index in [4.69, 9.17) is 5.73 Å². The summed E-state index contributed by atoms with van der Waals surface area (Å²) in [5.74, 6) is 4.25. The van der Waals surface area contributed by atoms with Crippen LogP contribution in [0.15, 0.2) is 29.1 Å². The van der Waals surface area contributed by atoms with Gasteiger partial charge in [-0.2, -0.15) is 4.98 Å². The van der Waals surface area contributed by atoms with Crippen LogP contribution in [0.5, 0.6) is 0 Å². The van der Waals surface area contributed by atoms with Crippen molar-refractivity contribution in [1.82, 2.24) is 14.3 Å². The lowest BCUT2D eigenvalue weighted by Crippen LogP contribution is -2.50. The van der Waals surface area contributed by atoms with E-state index in [1.165, 1.54) is 17.2 Å². The Morgan fingerprint density at radius 1 is 1.22 bits per heavy atom. The van der Waals surface area contributed by atoms with Crippen molar-refractivity contribution in [1.29, 1.82) is 0 Å². The normalized spacial score (nSPS) is 20.1. The summed E-state index contributed by atoms with van der Waals surface area (Å²) >= 11 is -1.20. The molecule has 7 nitrogen and oxygen atoms in total. The van der Waals surface area contributed by atoms with Gasteiger partial charge >= 0.3 is 0 Å². The van der Waals surface area contributed by atoms with Crippen LogP contribution in [0, 0.1) is 16.9 Å². The van der Waals surface area contributed by atoms with Gasteiger partial charge in [0.1, 0.15) is 18.6 Å². The highest BCUT2D eigenvalue weighted by Gasteiger charge is 2.50. The van der Waals surface area contributed by atoms with Crippen molar-refractivity contribution in [3.8, 4) is 11.5 Å². The van der Waals surface area contributed by atoms with E-state index in [0.29, 0.717) is 5.95 Å². The number of aromatic nitrogens is 2. The molecule has 4 rings (SSSR count). The van der Waals surface area contributed by atoms with Crippen LogP contribution in [-0.4, -0.2) is 40.0 Å². The van der Waals surface area contributed by atoms with Crippen LogP contribution in [0.3, 0.4) is 0 Å². The van der Waals surface area contributed by atoms with E-state index in [-0.39, 0.29) is 27.6 Å². The Morgan fingerprint density at radius 2 is 1.89 bits per heavy atom. The van der Waals surface area contributed by atoms with Crippen LogP contribution in [0.25, 0.3) is 0 Å². The van der Waals surface area contributed by atoms with Crippen LogP contribution in [0.4, 0.5) is 11.8 Å². The first-order valence-electron chi connectivity index (χ1n) is 12.6. The summed E-state index contributed by atoms with van der Waals surface area (Å²) in [5.41, 5.74) is 12.7. The molecule has 2 aliphatic rings. The van der Waals surface area contributed by atoms with Crippen molar-refractivity contribution in [2.24, 2.45) is 12.5 Å². The lowest BCUT2D eigenvalue weighted by atomic mass is 9.73. The third kappa shape index (κ3) is 5.52. The SMILES string of the molecule is Cn1c(N2CCC3(CC2)Cc2cc(C#C[Si](C)(C)C)ccc2[C@H]3N[S+]([O-])C(C)(C)C)nc(N)cc1=O. The Bertz CT molecular complexity index is 1260. The minimum Gasteiger partial charge on any atom is -0.598 e. The van der Waals surface area contributed by atoms with E-state index in [0.717, 1.165) is 37.9 Å². The quantitative estimate of drug-likeness (QED) is 0.361. The fraction of sp³-hybridized carbons (Fsp3) is 0.556. The average Bonchev–Trinajstić information content (AvgIpc) is 3.06. The number of rotatable bonds is 3. The van der Waals surface area contributed by atoms with Crippen molar-refractivity contribution in [3.63, 3.8) is 0 Å². The van der Waals surface area contributed by atoms with Gasteiger partial charge in [0.2, 0.25) is 5.95 Å². The molecule has 36 heavy (non-hydrogen) atoms. The number of nitrogens with one attached hydrogen (secondary N) is 1. The Morgan fingerprint density at radius 3 is 2.50 bits per heavy atom. The van der Waals surface area contributed by atoms with Gasteiger partial charge in [0, 0.05) is 48.5 Å². The third-order valence-electron chi connectivity index (χ3n) is 7.14. The van der Waals surface area contributed by atoms with Crippen LogP contribution in [-0.2, 0) is 24.8 Å². The number of piperidine rings is 1. The van der Waals surface area contributed by atoms with E-state index in [2.05, 4.69) is 63.9 Å². The maximum atomic E-state index is 13.3. The lowest BCUT2D eigenvalue weighted by molar-refractivity contribution is 0.175. The van der Waals surface area contributed by atoms with Crippen LogP contribution in [0.1, 0.15) is 56.3 Å². The van der Waals surface area contributed by atoms with E-state index in [9.17, 15) is 9.35 Å². The number of benzene rings is 1. The molecule has 0 radical (unpaired) electrons. The minimum atomic E-state index is -1.47. The molecule has 9 heteroatoms. The Labute approximate surface area is 219 Å². The van der Waals surface area contributed by atoms with Gasteiger partial charge in [-0.25, -0.2) is 0 Å². The summed E-state index contributed by atoms with van der Waals surface area (Å²) in [4.78, 5) is 18.9. The number of hydrogen-bond acceptors (Lipinski definition) is 6. The zero-order valence-corrected chi connectivity index (χ0v) is 24.4. The molecule has 0 amide bonds. The van der Waals surface area contributed by atoms with E-state index < -0.39 is 19.4 Å². The predicted molar refractivity (Wildman–Crippen MR) is 152 cm³/mol. The molecule has 2 aromatic rings. The Balaban J connectivity index is 1.65. The maximum absolute atomic E-state index is 13.3. The zero-order chi connectivity index (χ0) is 26.5. The Hall–Kier alpha value is -2.25. The molecule has 1 fully saturated rings. The molecule has 3 N–H and O–H groups in total. The van der Waals surface area contributed by atoms with E-state index >= 15 is 0 Å². The highest BCUT2D eigenvalue weighted by atomic mass is 32.2. The molecule has 1 aromatic heterocycles. The number of hydrogen-bond donors (Lipinski definition) is 2. The minimum absolute atomic E-state index is 0.00803. The number of fused-ring (bicyclic) bond motifs is 1. The fourth-order valence-electron chi connectivity index (χ4n) is 5.11. The summed E-state index contributed by atoms with van der Waals surface area (Å²) in [5, 5.41) is 0. The summed E-state index contributed by atoms with van der Waals surface area (Å²) in [6.45, 7) is 14.3. The number of anilines is 2. The van der Waals surface area contributed by atoms with Gasteiger partial charge < -0.3 is 15.2 Å². The fourth-order valence-corrected chi connectivity index (χ4v) is 6.57. The first kappa shape index (κ1) is 26.8. The highest BCUT2D eigenvalue weighted by molar-refractivity contribution is 7.90. The second-order valence-electron chi connectivity index (χ2n) is 12.3. The van der Waals surface area contributed by atoms with Crippen molar-refractivity contribution in [2.75, 3.05) is 23.7 Å². The summed E-state index contributed by atoms with van der Waals surface area (Å²) in [6.07, 6.45) is 2.70. The van der Waals surface area contributed by atoms with Crippen molar-refractivity contribution in [2.45, 2.75) is 70.5 Å². The number of nitrogen functional groups attached to an aromatic ring is 1. The molecule has 1 aliphatic carbocycles. The monoisotopic (exact) mass is 525 g/mol. The molecular formula is C27H39N5O2SSi. The van der Waals surface area contributed by atoms with Gasteiger partial charge in [-0.05, 0) is 63.3 Å². The van der Waals surface area contributed by atoms with E-state index in [1.54, 1.807) is 11.6 Å². The van der Waals surface area contributed by atoms with Crippen molar-refractivity contribution < 1.29 is 4.55 Å². The molecule has 1 aliphatic heterocycles. The molecule has 1 spiro atoms. The zero-order valence-electron chi connectivity index (χ0n) is 22.6. The summed E-state index contributed by atoms with van der Waals surface area (Å²) < 4.78 is 18.0. The Kier molecular flexibility index (Phi) is 7.12. The van der Waals surface area contributed by atoms with Gasteiger partial charge in [0.15, 0.2) is 0 Å². The summed E-state index contributed by atoms with van der Waals surface area (Å²) in [6, 6.07) is 7.88. The molecule has 1 saturated heterocycles. The van der Waals surface area contributed by atoms with Gasteiger partial charge in [-0.15, -0.1) is 10.3 Å². The predicted octanol–water partition coefficient (Wildman–Crippen LogP) is 3.53. The second kappa shape index (κ2) is 9.56. The third-order valence-corrected chi connectivity index (χ3v) is 9.58. The van der Waals surface area contributed by atoms with Crippen LogP contribution >= 0.6 is 0 Å². The topological polar surface area (TPSA) is 99.2 Å². The van der Waals surface area contributed by atoms with Crippen molar-refractivity contribution >= 4 is 31.2 Å². The molecule has 1 unspecified atom stereocenters. The maximum Gasteiger partial charge on any atom is 0.256 e. The molecular weight excluding hydrogens is 486 g/mol. The largest absolute Gasteiger partial charge is 0.598 e. The number of nitrogens with two attached hydrogens (primary N) is 1. The standard InChI is InChI=1S/C27H39N5O2SSi/c1-26(2,3)35(34)30-24-21-9-8-19(10-15-36(5,6)7)16-20(21)18-27(24)11-13-32(14-12-27)25-29-22(28)17-23(33)31(25)4/h8-9,16-17,24,30H,11-14,18,28H2,1-7H3/t24-,35?/m1/s1. The highest BCUT2D eigenvalue weighted by Crippen LogP contribution is 2.53. The molecule has 194 valence electrons. The second-order valence-corrected chi connectivity index (χ2v) is 19.0. The van der Waals surface area contributed by atoms with Gasteiger partial charge in [0.25, 0.3) is 5.56 Å².